The number of carbonyl (C=O) groups excluding carboxylic acids is 1. The summed E-state index contributed by atoms with van der Waals surface area (Å²) in [6, 6.07) is 1.68. The first-order valence-corrected chi connectivity index (χ1v) is 7.55. The summed E-state index contributed by atoms with van der Waals surface area (Å²) in [6.07, 6.45) is 0. The SMILES string of the molecule is CCN(C)C(=O)c1c(C)cc(C)c(S(N)(=O)=O)c1C. The number of carbonyl (C=O) groups is 1. The number of sulfonamides is 1. The third-order valence-electron chi connectivity index (χ3n) is 3.22. The van der Waals surface area contributed by atoms with E-state index in [1.165, 1.54) is 4.90 Å². The van der Waals surface area contributed by atoms with Gasteiger partial charge in [0.2, 0.25) is 10.0 Å². The summed E-state index contributed by atoms with van der Waals surface area (Å²) in [6.45, 7) is 7.51. The smallest absolute Gasteiger partial charge is 0.254 e. The van der Waals surface area contributed by atoms with Crippen molar-refractivity contribution in [1.29, 1.82) is 0 Å². The molecule has 0 heterocycles. The van der Waals surface area contributed by atoms with E-state index in [2.05, 4.69) is 0 Å². The molecular weight excluding hydrogens is 264 g/mol. The zero-order valence-electron chi connectivity index (χ0n) is 11.9. The molecule has 0 spiro atoms. The third kappa shape index (κ3) is 2.96. The van der Waals surface area contributed by atoms with Gasteiger partial charge in [0, 0.05) is 19.2 Å². The molecule has 1 aromatic rings. The first-order valence-electron chi connectivity index (χ1n) is 6.00. The van der Waals surface area contributed by atoms with Crippen LogP contribution >= 0.6 is 0 Å². The predicted octanol–water partition coefficient (Wildman–Crippen LogP) is 1.35. The molecule has 0 unspecified atom stereocenters. The molecule has 0 saturated carbocycles. The summed E-state index contributed by atoms with van der Waals surface area (Å²) in [5.41, 5.74) is 2.16. The quantitative estimate of drug-likeness (QED) is 0.909. The molecule has 0 fully saturated rings. The molecule has 19 heavy (non-hydrogen) atoms. The number of primary sulfonamides is 1. The molecule has 0 aliphatic heterocycles. The van der Waals surface area contributed by atoms with Gasteiger partial charge in [-0.2, -0.15) is 0 Å². The first kappa shape index (κ1) is 15.7. The van der Waals surface area contributed by atoms with Crippen LogP contribution in [0.3, 0.4) is 0 Å². The van der Waals surface area contributed by atoms with Gasteiger partial charge in [0.15, 0.2) is 0 Å². The van der Waals surface area contributed by atoms with Crippen LogP contribution in [0.1, 0.15) is 34.0 Å². The van der Waals surface area contributed by atoms with Crippen molar-refractivity contribution in [3.63, 3.8) is 0 Å². The first-order chi connectivity index (χ1) is 8.61. The lowest BCUT2D eigenvalue weighted by Crippen LogP contribution is -2.29. The largest absolute Gasteiger partial charge is 0.342 e. The Labute approximate surface area is 114 Å². The van der Waals surface area contributed by atoms with Crippen LogP contribution in [-0.2, 0) is 10.0 Å². The topological polar surface area (TPSA) is 80.5 Å². The van der Waals surface area contributed by atoms with Gasteiger partial charge in [-0.25, -0.2) is 13.6 Å². The van der Waals surface area contributed by atoms with Gasteiger partial charge in [0.05, 0.1) is 4.90 Å². The Morgan fingerprint density at radius 2 is 1.79 bits per heavy atom. The highest BCUT2D eigenvalue weighted by Gasteiger charge is 2.24. The van der Waals surface area contributed by atoms with Gasteiger partial charge < -0.3 is 4.90 Å². The highest BCUT2D eigenvalue weighted by molar-refractivity contribution is 7.89. The molecule has 5 nitrogen and oxygen atoms in total. The molecule has 0 atom stereocenters. The fourth-order valence-electron chi connectivity index (χ4n) is 2.27. The standard InChI is InChI=1S/C13H20N2O3S/c1-6-15(5)13(16)11-8(2)7-9(3)12(10(11)4)19(14,17)18/h7H,6H2,1-5H3,(H2,14,17,18). The second-order valence-corrected chi connectivity index (χ2v) is 6.20. The summed E-state index contributed by atoms with van der Waals surface area (Å²) in [7, 11) is -2.16. The number of benzene rings is 1. The molecule has 0 bridgehead atoms. The molecule has 106 valence electrons. The molecule has 0 radical (unpaired) electrons. The molecule has 0 aromatic heterocycles. The monoisotopic (exact) mass is 284 g/mol. The number of aryl methyl sites for hydroxylation is 2. The summed E-state index contributed by atoms with van der Waals surface area (Å²) >= 11 is 0. The Bertz CT molecular complexity index is 621. The van der Waals surface area contributed by atoms with Crippen LogP contribution in [0.15, 0.2) is 11.0 Å². The van der Waals surface area contributed by atoms with Gasteiger partial charge in [-0.15, -0.1) is 0 Å². The number of rotatable bonds is 3. The van der Waals surface area contributed by atoms with E-state index in [-0.39, 0.29) is 10.8 Å². The van der Waals surface area contributed by atoms with Gasteiger partial charge in [0.1, 0.15) is 0 Å². The van der Waals surface area contributed by atoms with Crippen molar-refractivity contribution in [2.45, 2.75) is 32.6 Å². The molecule has 2 N–H and O–H groups in total. The molecule has 0 aliphatic carbocycles. The normalized spacial score (nSPS) is 11.5. The Morgan fingerprint density at radius 3 is 2.21 bits per heavy atom. The van der Waals surface area contributed by atoms with Crippen molar-refractivity contribution < 1.29 is 13.2 Å². The number of nitrogens with zero attached hydrogens (tertiary/aromatic N) is 1. The van der Waals surface area contributed by atoms with Gasteiger partial charge in [-0.05, 0) is 44.4 Å². The summed E-state index contributed by atoms with van der Waals surface area (Å²) in [5, 5.41) is 5.23. The fraction of sp³-hybridized carbons (Fsp3) is 0.462. The van der Waals surface area contributed by atoms with Gasteiger partial charge in [-0.3, -0.25) is 4.79 Å². The highest BCUT2D eigenvalue weighted by Crippen LogP contribution is 2.26. The lowest BCUT2D eigenvalue weighted by Gasteiger charge is -2.20. The van der Waals surface area contributed by atoms with Crippen molar-refractivity contribution in [1.82, 2.24) is 4.90 Å². The van der Waals surface area contributed by atoms with E-state index in [0.717, 1.165) is 5.56 Å². The molecule has 1 amide bonds. The van der Waals surface area contributed by atoms with Crippen molar-refractivity contribution in [3.8, 4) is 0 Å². The van der Waals surface area contributed by atoms with E-state index in [0.29, 0.717) is 23.2 Å². The number of amides is 1. The molecule has 1 rings (SSSR count). The van der Waals surface area contributed by atoms with Crippen LogP contribution in [0.5, 0.6) is 0 Å². The van der Waals surface area contributed by atoms with E-state index in [9.17, 15) is 13.2 Å². The molecule has 0 saturated heterocycles. The second kappa shape index (κ2) is 5.30. The maximum absolute atomic E-state index is 12.3. The number of nitrogens with two attached hydrogens (primary N) is 1. The van der Waals surface area contributed by atoms with E-state index < -0.39 is 10.0 Å². The number of hydrogen-bond donors (Lipinski definition) is 1. The molecule has 1 aromatic carbocycles. The maximum atomic E-state index is 12.3. The van der Waals surface area contributed by atoms with Gasteiger partial charge >= 0.3 is 0 Å². The van der Waals surface area contributed by atoms with E-state index in [1.807, 2.05) is 6.92 Å². The van der Waals surface area contributed by atoms with Crippen molar-refractivity contribution in [2.75, 3.05) is 13.6 Å². The Balaban J connectivity index is 3.64. The Kier molecular flexibility index (Phi) is 4.37. The van der Waals surface area contributed by atoms with Crippen molar-refractivity contribution in [3.05, 3.63) is 28.3 Å². The number of hydrogen-bond acceptors (Lipinski definition) is 3. The van der Waals surface area contributed by atoms with Gasteiger partial charge in [0.25, 0.3) is 5.91 Å². The summed E-state index contributed by atoms with van der Waals surface area (Å²) < 4.78 is 23.3. The fourth-order valence-corrected chi connectivity index (χ4v) is 3.31. The van der Waals surface area contributed by atoms with Crippen LogP contribution in [0.4, 0.5) is 0 Å². The van der Waals surface area contributed by atoms with Crippen LogP contribution in [0.25, 0.3) is 0 Å². The maximum Gasteiger partial charge on any atom is 0.254 e. The average Bonchev–Trinajstić information content (AvgIpc) is 2.24. The zero-order valence-corrected chi connectivity index (χ0v) is 12.8. The van der Waals surface area contributed by atoms with Crippen molar-refractivity contribution in [2.24, 2.45) is 5.14 Å². The van der Waals surface area contributed by atoms with Crippen molar-refractivity contribution >= 4 is 15.9 Å². The average molecular weight is 284 g/mol. The minimum absolute atomic E-state index is 0.0472. The van der Waals surface area contributed by atoms with Crippen LogP contribution in [0, 0.1) is 20.8 Å². The van der Waals surface area contributed by atoms with E-state index in [1.54, 1.807) is 33.9 Å². The minimum Gasteiger partial charge on any atom is -0.342 e. The minimum atomic E-state index is -3.84. The van der Waals surface area contributed by atoms with Crippen LogP contribution in [0.2, 0.25) is 0 Å². The Morgan fingerprint density at radius 1 is 1.26 bits per heavy atom. The molecule has 0 aliphatic rings. The summed E-state index contributed by atoms with van der Waals surface area (Å²) in [4.78, 5) is 13.9. The van der Waals surface area contributed by atoms with Crippen LogP contribution < -0.4 is 5.14 Å². The van der Waals surface area contributed by atoms with E-state index in [4.69, 9.17) is 5.14 Å². The van der Waals surface area contributed by atoms with E-state index >= 15 is 0 Å². The second-order valence-electron chi connectivity index (χ2n) is 4.70. The zero-order chi connectivity index (χ0) is 15.0. The van der Waals surface area contributed by atoms with Crippen LogP contribution in [-0.4, -0.2) is 32.8 Å². The lowest BCUT2D eigenvalue weighted by atomic mass is 9.98. The molecule has 6 heteroatoms. The lowest BCUT2D eigenvalue weighted by molar-refractivity contribution is 0.0800. The predicted molar refractivity (Wildman–Crippen MR) is 74.7 cm³/mol. The Hall–Kier alpha value is -1.40. The highest BCUT2D eigenvalue weighted by atomic mass is 32.2. The van der Waals surface area contributed by atoms with Gasteiger partial charge in [-0.1, -0.05) is 6.07 Å². The molecular formula is C13H20N2O3S. The third-order valence-corrected chi connectivity index (χ3v) is 4.42. The summed E-state index contributed by atoms with van der Waals surface area (Å²) in [5.74, 6) is -0.192.